The molecule has 0 amide bonds. The third-order valence-corrected chi connectivity index (χ3v) is 5.10. The highest BCUT2D eigenvalue weighted by molar-refractivity contribution is 5.57. The van der Waals surface area contributed by atoms with Crippen LogP contribution in [-0.4, -0.2) is 41.3 Å². The van der Waals surface area contributed by atoms with Crippen LogP contribution in [0.4, 0.5) is 0 Å². The van der Waals surface area contributed by atoms with E-state index in [9.17, 15) is 5.11 Å². The summed E-state index contributed by atoms with van der Waals surface area (Å²) in [6.45, 7) is 6.10. The molecule has 3 rings (SSSR count). The molecule has 1 aliphatic rings. The van der Waals surface area contributed by atoms with Crippen LogP contribution in [0, 0.1) is 13.8 Å². The summed E-state index contributed by atoms with van der Waals surface area (Å²) < 4.78 is 11.3. The van der Waals surface area contributed by atoms with Crippen LogP contribution in [0.15, 0.2) is 22.6 Å². The van der Waals surface area contributed by atoms with E-state index < -0.39 is 0 Å². The Morgan fingerprint density at radius 1 is 1.32 bits per heavy atom. The number of methoxy groups -OCH3 is 1. The predicted molar refractivity (Wildman–Crippen MR) is 97.7 cm³/mol. The lowest BCUT2D eigenvalue weighted by Gasteiger charge is -2.35. The van der Waals surface area contributed by atoms with Crippen molar-refractivity contribution in [2.24, 2.45) is 0 Å². The summed E-state index contributed by atoms with van der Waals surface area (Å²) in [5.74, 6) is 2.40. The highest BCUT2D eigenvalue weighted by atomic mass is 16.5. The van der Waals surface area contributed by atoms with Crippen LogP contribution in [0.5, 0.6) is 5.75 Å². The molecule has 136 valence electrons. The molecule has 5 heteroatoms. The van der Waals surface area contributed by atoms with Gasteiger partial charge in [0.1, 0.15) is 11.5 Å². The summed E-state index contributed by atoms with van der Waals surface area (Å²) in [4.78, 5) is 7.19. The number of nitrogens with zero attached hydrogens (tertiary/aromatic N) is 2. The van der Waals surface area contributed by atoms with Gasteiger partial charge in [0.2, 0.25) is 5.89 Å². The highest BCUT2D eigenvalue weighted by Crippen LogP contribution is 2.28. The second-order valence-corrected chi connectivity index (χ2v) is 6.84. The van der Waals surface area contributed by atoms with Gasteiger partial charge in [-0.2, -0.15) is 0 Å². The van der Waals surface area contributed by atoms with E-state index in [2.05, 4.69) is 4.90 Å². The Morgan fingerprint density at radius 3 is 2.88 bits per heavy atom. The van der Waals surface area contributed by atoms with Gasteiger partial charge in [-0.15, -0.1) is 0 Å². The number of oxazole rings is 1. The molecule has 0 saturated carbocycles. The SMILES string of the molecule is COc1ccc(-c2nc(CN3CCCC[C@H]3CCO)c(C)o2)cc1C. The fraction of sp³-hybridized carbons (Fsp3) is 0.550. The normalized spacial score (nSPS) is 18.5. The van der Waals surface area contributed by atoms with E-state index in [0.717, 1.165) is 54.3 Å². The molecule has 1 aliphatic heterocycles. The number of rotatable bonds is 6. The molecule has 0 bridgehead atoms. The molecule has 1 saturated heterocycles. The largest absolute Gasteiger partial charge is 0.496 e. The Hall–Kier alpha value is -1.85. The van der Waals surface area contributed by atoms with Gasteiger partial charge in [0.05, 0.1) is 12.8 Å². The molecule has 5 nitrogen and oxygen atoms in total. The maximum Gasteiger partial charge on any atom is 0.226 e. The Balaban J connectivity index is 1.79. The van der Waals surface area contributed by atoms with Gasteiger partial charge in [-0.25, -0.2) is 4.98 Å². The zero-order chi connectivity index (χ0) is 17.8. The van der Waals surface area contributed by atoms with Crippen molar-refractivity contribution in [3.63, 3.8) is 0 Å². The van der Waals surface area contributed by atoms with E-state index >= 15 is 0 Å². The zero-order valence-corrected chi connectivity index (χ0v) is 15.4. The van der Waals surface area contributed by atoms with Crippen LogP contribution in [0.2, 0.25) is 0 Å². The Kier molecular flexibility index (Phi) is 5.76. The van der Waals surface area contributed by atoms with Gasteiger partial charge >= 0.3 is 0 Å². The lowest BCUT2D eigenvalue weighted by molar-refractivity contribution is 0.111. The van der Waals surface area contributed by atoms with E-state index in [1.807, 2.05) is 32.0 Å². The lowest BCUT2D eigenvalue weighted by atomic mass is 9.99. The molecule has 0 radical (unpaired) electrons. The van der Waals surface area contributed by atoms with Crippen molar-refractivity contribution in [3.05, 3.63) is 35.2 Å². The maximum absolute atomic E-state index is 9.31. The van der Waals surface area contributed by atoms with Crippen LogP contribution >= 0.6 is 0 Å². The number of ether oxygens (including phenoxy) is 1. The minimum atomic E-state index is 0.245. The minimum Gasteiger partial charge on any atom is -0.496 e. The molecule has 0 spiro atoms. The maximum atomic E-state index is 9.31. The van der Waals surface area contributed by atoms with Crippen molar-refractivity contribution in [3.8, 4) is 17.2 Å². The van der Waals surface area contributed by atoms with Gasteiger partial charge in [-0.1, -0.05) is 6.42 Å². The van der Waals surface area contributed by atoms with Crippen molar-refractivity contribution in [2.45, 2.75) is 52.1 Å². The number of hydrogen-bond donors (Lipinski definition) is 1. The fourth-order valence-corrected chi connectivity index (χ4v) is 3.65. The summed E-state index contributed by atoms with van der Waals surface area (Å²) in [5.41, 5.74) is 3.03. The quantitative estimate of drug-likeness (QED) is 0.866. The van der Waals surface area contributed by atoms with Crippen LogP contribution in [-0.2, 0) is 6.54 Å². The second kappa shape index (κ2) is 8.02. The topological polar surface area (TPSA) is 58.7 Å². The monoisotopic (exact) mass is 344 g/mol. The molecular formula is C20H28N2O3. The third kappa shape index (κ3) is 4.05. The number of aryl methyl sites for hydroxylation is 2. The van der Waals surface area contributed by atoms with Crippen LogP contribution in [0.1, 0.15) is 42.7 Å². The van der Waals surface area contributed by atoms with Crippen molar-refractivity contribution in [2.75, 3.05) is 20.3 Å². The summed E-state index contributed by atoms with van der Waals surface area (Å²) in [6, 6.07) is 6.42. The number of benzene rings is 1. The van der Waals surface area contributed by atoms with Crippen LogP contribution < -0.4 is 4.74 Å². The van der Waals surface area contributed by atoms with Crippen molar-refractivity contribution in [1.29, 1.82) is 0 Å². The molecule has 2 aromatic rings. The summed E-state index contributed by atoms with van der Waals surface area (Å²) >= 11 is 0. The van der Waals surface area contributed by atoms with E-state index in [-0.39, 0.29) is 6.61 Å². The number of likely N-dealkylation sites (tertiary alicyclic amines) is 1. The first-order chi connectivity index (χ1) is 12.1. The van der Waals surface area contributed by atoms with Gasteiger partial charge in [0.15, 0.2) is 0 Å². The molecular weight excluding hydrogens is 316 g/mol. The van der Waals surface area contributed by atoms with Crippen molar-refractivity contribution in [1.82, 2.24) is 9.88 Å². The number of aliphatic hydroxyl groups excluding tert-OH is 1. The van der Waals surface area contributed by atoms with E-state index in [4.69, 9.17) is 14.1 Å². The first kappa shape index (κ1) is 18.0. The molecule has 0 unspecified atom stereocenters. The molecule has 1 atom stereocenters. The van der Waals surface area contributed by atoms with Crippen LogP contribution in [0.3, 0.4) is 0 Å². The number of aliphatic hydroxyl groups is 1. The minimum absolute atomic E-state index is 0.245. The standard InChI is InChI=1S/C20H28N2O3/c1-14-12-16(7-8-19(14)24-3)20-21-18(15(2)25-20)13-22-10-5-4-6-17(22)9-11-23/h7-8,12,17,23H,4-6,9-11,13H2,1-3H3/t17-/m0/s1. The molecule has 1 N–H and O–H groups in total. The highest BCUT2D eigenvalue weighted by Gasteiger charge is 2.24. The number of aromatic nitrogens is 1. The lowest BCUT2D eigenvalue weighted by Crippen LogP contribution is -2.39. The Bertz CT molecular complexity index is 709. The van der Waals surface area contributed by atoms with E-state index in [1.54, 1.807) is 7.11 Å². The molecule has 2 heterocycles. The van der Waals surface area contributed by atoms with E-state index in [0.29, 0.717) is 11.9 Å². The first-order valence-electron chi connectivity index (χ1n) is 9.08. The molecule has 25 heavy (non-hydrogen) atoms. The van der Waals surface area contributed by atoms with Crippen molar-refractivity contribution >= 4 is 0 Å². The molecule has 0 aliphatic carbocycles. The molecule has 1 fully saturated rings. The van der Waals surface area contributed by atoms with E-state index in [1.165, 1.54) is 12.8 Å². The van der Waals surface area contributed by atoms with Gasteiger partial charge in [-0.05, 0) is 63.4 Å². The first-order valence-corrected chi connectivity index (χ1v) is 9.08. The van der Waals surface area contributed by atoms with Gasteiger partial charge in [0, 0.05) is 24.8 Å². The van der Waals surface area contributed by atoms with Crippen LogP contribution in [0.25, 0.3) is 11.5 Å². The average Bonchev–Trinajstić information content (AvgIpc) is 2.97. The predicted octanol–water partition coefficient (Wildman–Crippen LogP) is 3.70. The third-order valence-electron chi connectivity index (χ3n) is 5.10. The summed E-state index contributed by atoms with van der Waals surface area (Å²) in [5, 5.41) is 9.31. The fourth-order valence-electron chi connectivity index (χ4n) is 3.65. The number of piperidine rings is 1. The second-order valence-electron chi connectivity index (χ2n) is 6.84. The smallest absolute Gasteiger partial charge is 0.226 e. The summed E-state index contributed by atoms with van der Waals surface area (Å²) in [7, 11) is 1.68. The average molecular weight is 344 g/mol. The summed E-state index contributed by atoms with van der Waals surface area (Å²) in [6.07, 6.45) is 4.45. The Labute approximate surface area is 149 Å². The zero-order valence-electron chi connectivity index (χ0n) is 15.4. The van der Waals surface area contributed by atoms with Gasteiger partial charge in [-0.3, -0.25) is 4.90 Å². The van der Waals surface area contributed by atoms with Crippen molar-refractivity contribution < 1.29 is 14.3 Å². The molecule has 1 aromatic heterocycles. The van der Waals surface area contributed by atoms with Gasteiger partial charge in [0.25, 0.3) is 0 Å². The molecule has 1 aromatic carbocycles. The van der Waals surface area contributed by atoms with Gasteiger partial charge < -0.3 is 14.3 Å². The Morgan fingerprint density at radius 2 is 2.16 bits per heavy atom. The number of hydrogen-bond acceptors (Lipinski definition) is 5.